The van der Waals surface area contributed by atoms with Gasteiger partial charge in [0, 0.05) is 5.56 Å². The molecule has 206 valence electrons. The Kier molecular flexibility index (Phi) is 8.89. The van der Waals surface area contributed by atoms with Crippen LogP contribution in [-0.2, 0) is 19.2 Å². The Labute approximate surface area is 233 Å². The van der Waals surface area contributed by atoms with Gasteiger partial charge in [0.05, 0.1) is 24.4 Å². The Hall–Kier alpha value is -4.59. The minimum Gasteiger partial charge on any atom is -0.346 e. The van der Waals surface area contributed by atoms with Crippen molar-refractivity contribution in [3.05, 3.63) is 96.1 Å². The van der Waals surface area contributed by atoms with E-state index in [1.54, 1.807) is 26.0 Å². The summed E-state index contributed by atoms with van der Waals surface area (Å²) in [5.41, 5.74) is 3.19. The maximum Gasteiger partial charge on any atom is 0.251 e. The SMILES string of the molecule is CC(C)[C@H](NC(=O)C[C@H](NC(=O)c1ccc(-c2ccccc2)cc1)c1ccccc1)C(=O)[C@@H]1C(=O)NC(=O)[C@H]1C. The van der Waals surface area contributed by atoms with E-state index in [1.807, 2.05) is 72.8 Å². The molecule has 3 aromatic rings. The van der Waals surface area contributed by atoms with Crippen LogP contribution >= 0.6 is 0 Å². The molecule has 8 nitrogen and oxygen atoms in total. The molecule has 3 N–H and O–H groups in total. The lowest BCUT2D eigenvalue weighted by molar-refractivity contribution is -0.137. The van der Waals surface area contributed by atoms with E-state index in [0.29, 0.717) is 5.56 Å². The third kappa shape index (κ3) is 6.51. The first-order chi connectivity index (χ1) is 19.2. The van der Waals surface area contributed by atoms with Crippen molar-refractivity contribution in [2.45, 2.75) is 39.3 Å². The second kappa shape index (κ2) is 12.5. The highest BCUT2D eigenvalue weighted by molar-refractivity contribution is 6.16. The van der Waals surface area contributed by atoms with Crippen LogP contribution in [0.2, 0.25) is 0 Å². The van der Waals surface area contributed by atoms with Crippen LogP contribution in [-0.4, -0.2) is 35.5 Å². The van der Waals surface area contributed by atoms with Crippen LogP contribution in [0.25, 0.3) is 11.1 Å². The van der Waals surface area contributed by atoms with Gasteiger partial charge in [-0.15, -0.1) is 0 Å². The molecule has 0 aliphatic carbocycles. The summed E-state index contributed by atoms with van der Waals surface area (Å²) in [5, 5.41) is 7.90. The Morgan fingerprint density at radius 1 is 0.775 bits per heavy atom. The Morgan fingerprint density at radius 2 is 1.35 bits per heavy atom. The molecule has 0 bridgehead atoms. The number of carbonyl (C=O) groups excluding carboxylic acids is 5. The molecule has 4 atom stereocenters. The van der Waals surface area contributed by atoms with E-state index in [0.717, 1.165) is 16.7 Å². The number of imide groups is 1. The summed E-state index contributed by atoms with van der Waals surface area (Å²) < 4.78 is 0. The molecule has 1 fully saturated rings. The summed E-state index contributed by atoms with van der Waals surface area (Å²) >= 11 is 0. The largest absolute Gasteiger partial charge is 0.346 e. The molecule has 3 aromatic carbocycles. The van der Waals surface area contributed by atoms with Crippen molar-refractivity contribution in [2.24, 2.45) is 17.8 Å². The van der Waals surface area contributed by atoms with Crippen LogP contribution in [0.1, 0.15) is 49.2 Å². The highest BCUT2D eigenvalue weighted by Crippen LogP contribution is 2.24. The normalized spacial score (nSPS) is 18.1. The Morgan fingerprint density at radius 3 is 1.90 bits per heavy atom. The van der Waals surface area contributed by atoms with Gasteiger partial charge in [-0.3, -0.25) is 29.3 Å². The number of hydrogen-bond acceptors (Lipinski definition) is 5. The van der Waals surface area contributed by atoms with Crippen LogP contribution in [0.3, 0.4) is 0 Å². The third-order valence-corrected chi connectivity index (χ3v) is 7.19. The van der Waals surface area contributed by atoms with E-state index < -0.39 is 47.4 Å². The van der Waals surface area contributed by atoms with E-state index in [-0.39, 0.29) is 18.2 Å². The number of Topliss-reactive ketones (excluding diaryl/α,β-unsaturated/α-hetero) is 1. The number of ketones is 1. The number of rotatable bonds is 10. The van der Waals surface area contributed by atoms with Crippen molar-refractivity contribution >= 4 is 29.4 Å². The van der Waals surface area contributed by atoms with Gasteiger partial charge in [0.15, 0.2) is 5.78 Å². The average Bonchev–Trinajstić information content (AvgIpc) is 3.22. The van der Waals surface area contributed by atoms with Crippen LogP contribution in [0.4, 0.5) is 0 Å². The maximum absolute atomic E-state index is 13.2. The van der Waals surface area contributed by atoms with Gasteiger partial charge < -0.3 is 10.6 Å². The highest BCUT2D eigenvalue weighted by atomic mass is 16.2. The molecule has 0 aromatic heterocycles. The summed E-state index contributed by atoms with van der Waals surface area (Å²) in [6.45, 7) is 5.05. The molecule has 1 aliphatic rings. The first-order valence-corrected chi connectivity index (χ1v) is 13.3. The fraction of sp³-hybridized carbons (Fsp3) is 0.281. The molecule has 1 aliphatic heterocycles. The van der Waals surface area contributed by atoms with Crippen molar-refractivity contribution in [1.29, 1.82) is 0 Å². The zero-order valence-corrected chi connectivity index (χ0v) is 22.7. The van der Waals surface area contributed by atoms with Crippen molar-refractivity contribution in [3.8, 4) is 11.1 Å². The molecule has 8 heteroatoms. The number of amides is 4. The third-order valence-electron chi connectivity index (χ3n) is 7.19. The summed E-state index contributed by atoms with van der Waals surface area (Å²) in [7, 11) is 0. The lowest BCUT2D eigenvalue weighted by Crippen LogP contribution is -2.49. The number of nitrogens with one attached hydrogen (secondary N) is 3. The monoisotopic (exact) mass is 539 g/mol. The molecule has 1 saturated heterocycles. The van der Waals surface area contributed by atoms with E-state index in [1.165, 1.54) is 6.92 Å². The zero-order chi connectivity index (χ0) is 28.8. The molecule has 0 saturated carbocycles. The summed E-state index contributed by atoms with van der Waals surface area (Å²) in [4.78, 5) is 63.8. The van der Waals surface area contributed by atoms with Crippen molar-refractivity contribution in [2.75, 3.05) is 0 Å². The molecular weight excluding hydrogens is 506 g/mol. The van der Waals surface area contributed by atoms with Crippen LogP contribution in [0.15, 0.2) is 84.9 Å². The molecule has 1 heterocycles. The second-order valence-electron chi connectivity index (χ2n) is 10.4. The number of carbonyl (C=O) groups is 5. The molecule has 0 radical (unpaired) electrons. The van der Waals surface area contributed by atoms with E-state index in [9.17, 15) is 24.0 Å². The van der Waals surface area contributed by atoms with Crippen LogP contribution in [0, 0.1) is 17.8 Å². The van der Waals surface area contributed by atoms with Crippen molar-refractivity contribution in [3.63, 3.8) is 0 Å². The summed E-state index contributed by atoms with van der Waals surface area (Å²) in [6, 6.07) is 24.5. The number of hydrogen-bond donors (Lipinski definition) is 3. The first kappa shape index (κ1) is 28.4. The van der Waals surface area contributed by atoms with Crippen molar-refractivity contribution < 1.29 is 24.0 Å². The molecular formula is C32H33N3O5. The molecule has 0 spiro atoms. The van der Waals surface area contributed by atoms with Crippen LogP contribution < -0.4 is 16.0 Å². The van der Waals surface area contributed by atoms with Gasteiger partial charge in [-0.2, -0.15) is 0 Å². The van der Waals surface area contributed by atoms with E-state index >= 15 is 0 Å². The second-order valence-corrected chi connectivity index (χ2v) is 10.4. The summed E-state index contributed by atoms with van der Waals surface area (Å²) in [5.74, 6) is -4.72. The quantitative estimate of drug-likeness (QED) is 0.267. The first-order valence-electron chi connectivity index (χ1n) is 13.3. The van der Waals surface area contributed by atoms with Gasteiger partial charge >= 0.3 is 0 Å². The van der Waals surface area contributed by atoms with Gasteiger partial charge in [0.1, 0.15) is 5.92 Å². The Bertz CT molecular complexity index is 1390. The minimum atomic E-state index is -1.15. The average molecular weight is 540 g/mol. The van der Waals surface area contributed by atoms with Gasteiger partial charge in [0.25, 0.3) is 5.91 Å². The van der Waals surface area contributed by atoms with Gasteiger partial charge in [-0.05, 0) is 34.7 Å². The fourth-order valence-corrected chi connectivity index (χ4v) is 4.87. The fourth-order valence-electron chi connectivity index (χ4n) is 4.87. The van der Waals surface area contributed by atoms with Gasteiger partial charge in [-0.1, -0.05) is 93.6 Å². The zero-order valence-electron chi connectivity index (χ0n) is 22.7. The predicted molar refractivity (Wildman–Crippen MR) is 151 cm³/mol. The lowest BCUT2D eigenvalue weighted by atomic mass is 9.85. The van der Waals surface area contributed by atoms with Crippen LogP contribution in [0.5, 0.6) is 0 Å². The molecule has 0 unspecified atom stereocenters. The van der Waals surface area contributed by atoms with E-state index in [2.05, 4.69) is 16.0 Å². The van der Waals surface area contributed by atoms with Gasteiger partial charge in [0.2, 0.25) is 17.7 Å². The summed E-state index contributed by atoms with van der Waals surface area (Å²) in [6.07, 6.45) is -0.125. The predicted octanol–water partition coefficient (Wildman–Crippen LogP) is 3.83. The van der Waals surface area contributed by atoms with E-state index in [4.69, 9.17) is 0 Å². The molecule has 4 rings (SSSR count). The molecule has 4 amide bonds. The van der Waals surface area contributed by atoms with Gasteiger partial charge in [-0.25, -0.2) is 0 Å². The highest BCUT2D eigenvalue weighted by Gasteiger charge is 2.46. The smallest absolute Gasteiger partial charge is 0.251 e. The Balaban J connectivity index is 1.48. The van der Waals surface area contributed by atoms with Crippen molar-refractivity contribution in [1.82, 2.24) is 16.0 Å². The maximum atomic E-state index is 13.2. The molecule has 40 heavy (non-hydrogen) atoms. The number of benzene rings is 3. The standard InChI is InChI=1S/C32H33N3O5/c1-19(2)28(29(37)27-20(3)30(38)35-32(27)40)34-26(36)18-25(23-12-8-5-9-13-23)33-31(39)24-16-14-22(15-17-24)21-10-6-4-7-11-21/h4-17,19-20,25,27-28H,18H2,1-3H3,(H,33,39)(H,34,36)(H,35,38,40)/t20-,25-,27+,28-/m0/s1. The lowest BCUT2D eigenvalue weighted by Gasteiger charge is -2.26. The topological polar surface area (TPSA) is 121 Å². The minimum absolute atomic E-state index is 0.125.